The van der Waals surface area contributed by atoms with Gasteiger partial charge in [0, 0.05) is 13.0 Å². The van der Waals surface area contributed by atoms with Crippen LogP contribution >= 0.6 is 0 Å². The molecule has 2 N–H and O–H groups in total. The second-order valence-electron chi connectivity index (χ2n) is 10.4. The average molecular weight is 483 g/mol. The number of cyclic esters (lactones) is 1. The van der Waals surface area contributed by atoms with Crippen LogP contribution in [0, 0.1) is 11.8 Å². The molecular weight excluding hydrogens is 444 g/mol. The minimum Gasteiger partial charge on any atom is -0.463 e. The van der Waals surface area contributed by atoms with Crippen molar-refractivity contribution in [1.82, 2.24) is 10.2 Å². The van der Waals surface area contributed by atoms with Gasteiger partial charge in [-0.3, -0.25) is 14.4 Å². The Labute approximate surface area is 207 Å². The standard InChI is InChI=1S/C28H38N2O5/c31-19-24-13-8-16-30(24)25(32)18-22-11-4-5-12-23(17-21-9-2-1-3-10-21)27(34)35-20-28(29-26(22)33)14-6-7-15-28/h1-5,9-10,22-24,31H,6-8,11-20H2,(H,29,33). The van der Waals surface area contributed by atoms with Crippen molar-refractivity contribution < 1.29 is 24.2 Å². The number of aliphatic hydroxyl groups is 1. The molecular formula is C28H38N2O5. The molecule has 1 spiro atoms. The van der Waals surface area contributed by atoms with Gasteiger partial charge in [0.1, 0.15) is 6.61 Å². The fraction of sp³-hybridized carbons (Fsp3) is 0.607. The van der Waals surface area contributed by atoms with E-state index < -0.39 is 11.5 Å². The minimum atomic E-state index is -0.560. The van der Waals surface area contributed by atoms with E-state index in [1.54, 1.807) is 4.90 Å². The van der Waals surface area contributed by atoms with E-state index in [1.165, 1.54) is 0 Å². The van der Waals surface area contributed by atoms with E-state index in [9.17, 15) is 19.5 Å². The van der Waals surface area contributed by atoms with E-state index in [-0.39, 0.29) is 49.4 Å². The molecule has 4 rings (SSSR count). The maximum Gasteiger partial charge on any atom is 0.309 e. The summed E-state index contributed by atoms with van der Waals surface area (Å²) in [4.78, 5) is 41.2. The van der Waals surface area contributed by atoms with Gasteiger partial charge in [0.15, 0.2) is 0 Å². The molecule has 1 aliphatic carbocycles. The first-order valence-electron chi connectivity index (χ1n) is 13.1. The molecule has 2 amide bonds. The van der Waals surface area contributed by atoms with Gasteiger partial charge in [0.2, 0.25) is 11.8 Å². The molecule has 35 heavy (non-hydrogen) atoms. The molecule has 3 atom stereocenters. The van der Waals surface area contributed by atoms with Crippen molar-refractivity contribution in [3.8, 4) is 0 Å². The van der Waals surface area contributed by atoms with E-state index in [1.807, 2.05) is 42.5 Å². The largest absolute Gasteiger partial charge is 0.463 e. The second-order valence-corrected chi connectivity index (χ2v) is 10.4. The smallest absolute Gasteiger partial charge is 0.309 e. The number of amides is 2. The fourth-order valence-electron chi connectivity index (χ4n) is 5.70. The number of hydrogen-bond donors (Lipinski definition) is 2. The number of allylic oxidation sites excluding steroid dienone is 2. The van der Waals surface area contributed by atoms with Crippen LogP contribution in [0.1, 0.15) is 63.4 Å². The van der Waals surface area contributed by atoms with Gasteiger partial charge in [-0.15, -0.1) is 0 Å². The summed E-state index contributed by atoms with van der Waals surface area (Å²) in [6.45, 7) is 0.765. The highest BCUT2D eigenvalue weighted by Gasteiger charge is 2.40. The Morgan fingerprint density at radius 1 is 1.06 bits per heavy atom. The summed E-state index contributed by atoms with van der Waals surface area (Å²) in [5.74, 6) is -1.23. The number of ether oxygens (including phenoxy) is 1. The molecule has 2 heterocycles. The normalized spacial score (nSPS) is 27.2. The molecule has 3 unspecified atom stereocenters. The van der Waals surface area contributed by atoms with Gasteiger partial charge in [-0.05, 0) is 50.5 Å². The van der Waals surface area contributed by atoms with E-state index in [4.69, 9.17) is 4.74 Å². The van der Waals surface area contributed by atoms with Gasteiger partial charge in [-0.25, -0.2) is 0 Å². The number of nitrogens with one attached hydrogen (secondary N) is 1. The van der Waals surface area contributed by atoms with Crippen LogP contribution in [0.5, 0.6) is 0 Å². The van der Waals surface area contributed by atoms with Crippen molar-refractivity contribution >= 4 is 17.8 Å². The summed E-state index contributed by atoms with van der Waals surface area (Å²) in [5, 5.41) is 12.8. The summed E-state index contributed by atoms with van der Waals surface area (Å²) >= 11 is 0. The lowest BCUT2D eigenvalue weighted by molar-refractivity contribution is -0.152. The maximum atomic E-state index is 13.4. The molecule has 3 aliphatic rings. The predicted octanol–water partition coefficient (Wildman–Crippen LogP) is 3.16. The monoisotopic (exact) mass is 482 g/mol. The molecule has 2 aliphatic heterocycles. The molecule has 7 nitrogen and oxygen atoms in total. The third-order valence-corrected chi connectivity index (χ3v) is 7.81. The van der Waals surface area contributed by atoms with Crippen LogP contribution in [-0.4, -0.2) is 59.1 Å². The number of carbonyl (C=O) groups excluding carboxylic acids is 3. The molecule has 1 aromatic rings. The summed E-state index contributed by atoms with van der Waals surface area (Å²) in [5.41, 5.74) is 0.529. The molecule has 0 aromatic heterocycles. The number of hydrogen-bond acceptors (Lipinski definition) is 5. The molecule has 0 bridgehead atoms. The minimum absolute atomic E-state index is 0.0419. The Balaban J connectivity index is 1.51. The van der Waals surface area contributed by atoms with Crippen LogP contribution in [0.2, 0.25) is 0 Å². The summed E-state index contributed by atoms with van der Waals surface area (Å²) < 4.78 is 5.82. The number of esters is 1. The summed E-state index contributed by atoms with van der Waals surface area (Å²) in [6, 6.07) is 9.79. The Kier molecular flexibility index (Phi) is 8.60. The van der Waals surface area contributed by atoms with Gasteiger partial charge < -0.3 is 20.1 Å². The van der Waals surface area contributed by atoms with Crippen molar-refractivity contribution in [3.63, 3.8) is 0 Å². The van der Waals surface area contributed by atoms with E-state index >= 15 is 0 Å². The van der Waals surface area contributed by atoms with Crippen LogP contribution in [0.3, 0.4) is 0 Å². The van der Waals surface area contributed by atoms with Gasteiger partial charge in [-0.1, -0.05) is 55.3 Å². The van der Waals surface area contributed by atoms with E-state index in [0.29, 0.717) is 25.8 Å². The van der Waals surface area contributed by atoms with Crippen LogP contribution in [0.4, 0.5) is 0 Å². The van der Waals surface area contributed by atoms with Gasteiger partial charge in [-0.2, -0.15) is 0 Å². The van der Waals surface area contributed by atoms with Crippen LogP contribution < -0.4 is 5.32 Å². The number of likely N-dealkylation sites (tertiary alicyclic amines) is 1. The lowest BCUT2D eigenvalue weighted by Gasteiger charge is -2.33. The number of nitrogens with zero attached hydrogens (tertiary/aromatic N) is 1. The first-order chi connectivity index (χ1) is 17.0. The van der Waals surface area contributed by atoms with Crippen molar-refractivity contribution in [2.24, 2.45) is 11.8 Å². The summed E-state index contributed by atoms with van der Waals surface area (Å²) in [7, 11) is 0. The van der Waals surface area contributed by atoms with E-state index in [2.05, 4.69) is 5.32 Å². The number of benzene rings is 1. The Bertz CT molecular complexity index is 909. The first kappa shape index (κ1) is 25.4. The number of rotatable bonds is 5. The average Bonchev–Trinajstić information content (AvgIpc) is 3.53. The predicted molar refractivity (Wildman–Crippen MR) is 132 cm³/mol. The van der Waals surface area contributed by atoms with E-state index in [0.717, 1.165) is 44.1 Å². The first-order valence-corrected chi connectivity index (χ1v) is 13.1. The molecule has 1 aromatic carbocycles. The lowest BCUT2D eigenvalue weighted by atomic mass is 9.92. The zero-order valence-electron chi connectivity index (χ0n) is 20.5. The molecule has 1 saturated carbocycles. The highest BCUT2D eigenvalue weighted by atomic mass is 16.5. The summed E-state index contributed by atoms with van der Waals surface area (Å²) in [6.07, 6.45) is 10.7. The fourth-order valence-corrected chi connectivity index (χ4v) is 5.70. The van der Waals surface area contributed by atoms with Crippen LogP contribution in [0.25, 0.3) is 0 Å². The van der Waals surface area contributed by atoms with Crippen molar-refractivity contribution in [3.05, 3.63) is 48.0 Å². The molecule has 2 fully saturated rings. The topological polar surface area (TPSA) is 95.9 Å². The Morgan fingerprint density at radius 2 is 1.77 bits per heavy atom. The second kappa shape index (κ2) is 11.8. The highest BCUT2D eigenvalue weighted by molar-refractivity contribution is 5.86. The van der Waals surface area contributed by atoms with Crippen LogP contribution in [0.15, 0.2) is 42.5 Å². The SMILES string of the molecule is O=C1NC2(CCCC2)COC(=O)C(Cc2ccccc2)CC=CCC1CC(=O)N1CCCC1CO. The third kappa shape index (κ3) is 6.51. The zero-order valence-corrected chi connectivity index (χ0v) is 20.5. The zero-order chi connectivity index (χ0) is 24.7. The number of aliphatic hydroxyl groups excluding tert-OH is 1. The lowest BCUT2D eigenvalue weighted by Crippen LogP contribution is -2.53. The quantitative estimate of drug-likeness (QED) is 0.497. The number of carbonyl (C=O) groups is 3. The Morgan fingerprint density at radius 3 is 2.49 bits per heavy atom. The maximum absolute atomic E-state index is 13.4. The van der Waals surface area contributed by atoms with Gasteiger partial charge in [0.25, 0.3) is 0 Å². The Hall–Kier alpha value is -2.67. The van der Waals surface area contributed by atoms with Crippen molar-refractivity contribution in [2.75, 3.05) is 19.8 Å². The molecule has 190 valence electrons. The van der Waals surface area contributed by atoms with Gasteiger partial charge in [0.05, 0.1) is 30.0 Å². The van der Waals surface area contributed by atoms with Gasteiger partial charge >= 0.3 is 5.97 Å². The highest BCUT2D eigenvalue weighted by Crippen LogP contribution is 2.32. The molecule has 7 heteroatoms. The molecule has 0 radical (unpaired) electrons. The third-order valence-electron chi connectivity index (χ3n) is 7.81. The van der Waals surface area contributed by atoms with Crippen molar-refractivity contribution in [1.29, 1.82) is 0 Å². The van der Waals surface area contributed by atoms with Crippen LogP contribution in [-0.2, 0) is 25.5 Å². The molecule has 1 saturated heterocycles. The van der Waals surface area contributed by atoms with Crippen molar-refractivity contribution in [2.45, 2.75) is 75.8 Å².